The Morgan fingerprint density at radius 3 is 2.22 bits per heavy atom. The van der Waals surface area contributed by atoms with E-state index in [-0.39, 0.29) is 0 Å². The molecule has 0 heterocycles. The minimum absolute atomic E-state index is 0.479. The van der Waals surface area contributed by atoms with Crippen LogP contribution >= 0.6 is 0 Å². The number of ether oxygens (including phenoxy) is 1. The first kappa shape index (κ1) is 21.6. The van der Waals surface area contributed by atoms with Gasteiger partial charge in [0, 0.05) is 0 Å². The maximum absolute atomic E-state index is 11.8. The zero-order valence-electron chi connectivity index (χ0n) is 13.4. The Bertz CT molecular complexity index is 484. The van der Waals surface area contributed by atoms with Crippen LogP contribution < -0.4 is 0 Å². The minimum Gasteiger partial charge on any atom is -0.481 e. The summed E-state index contributed by atoms with van der Waals surface area (Å²) in [5, 5.41) is 6.51. The quantitative estimate of drug-likeness (QED) is 0.227. The Kier molecular flexibility index (Phi) is 10.5. The summed E-state index contributed by atoms with van der Waals surface area (Å²) in [6, 6.07) is 0. The summed E-state index contributed by atoms with van der Waals surface area (Å²) in [5.41, 5.74) is 0. The third-order valence-electron chi connectivity index (χ3n) is 3.36. The lowest BCUT2D eigenvalue weighted by atomic mass is 10.1. The third-order valence-corrected chi connectivity index (χ3v) is 4.43. The number of carboxylic acid groups (broad SMARTS) is 1. The van der Waals surface area contributed by atoms with Crippen molar-refractivity contribution >= 4 is 22.1 Å². The van der Waals surface area contributed by atoms with Crippen LogP contribution in [0.15, 0.2) is 12.7 Å². The van der Waals surface area contributed by atoms with Gasteiger partial charge >= 0.3 is 11.9 Å². The lowest BCUT2D eigenvalue weighted by Gasteiger charge is -2.17. The number of unbranched alkanes of at least 4 members (excludes halogenated alkanes) is 5. The van der Waals surface area contributed by atoms with Crippen molar-refractivity contribution in [1.82, 2.24) is 0 Å². The summed E-state index contributed by atoms with van der Waals surface area (Å²) in [5.74, 6) is -2.79. The molecule has 0 saturated carbocycles. The largest absolute Gasteiger partial charge is 0.481 e. The number of esters is 1. The fourth-order valence-corrected chi connectivity index (χ4v) is 2.70. The molecule has 0 radical (unpaired) electrons. The Morgan fingerprint density at radius 2 is 1.74 bits per heavy atom. The molecule has 0 aliphatic rings. The van der Waals surface area contributed by atoms with Crippen molar-refractivity contribution in [1.29, 1.82) is 0 Å². The van der Waals surface area contributed by atoms with Gasteiger partial charge in [-0.05, 0) is 12.8 Å². The van der Waals surface area contributed by atoms with Crippen molar-refractivity contribution < 1.29 is 32.4 Å². The number of rotatable bonds is 13. The molecule has 0 aliphatic heterocycles. The Labute approximate surface area is 137 Å². The van der Waals surface area contributed by atoms with E-state index in [1.54, 1.807) is 0 Å². The first-order chi connectivity index (χ1) is 10.7. The van der Waals surface area contributed by atoms with Crippen LogP contribution in [-0.4, -0.2) is 41.4 Å². The number of carbonyl (C=O) groups excluding carboxylic acids is 1. The van der Waals surface area contributed by atoms with Gasteiger partial charge in [0.15, 0.2) is 5.25 Å². The van der Waals surface area contributed by atoms with Gasteiger partial charge < -0.3 is 9.84 Å². The highest BCUT2D eigenvalue weighted by atomic mass is 32.2. The van der Waals surface area contributed by atoms with Gasteiger partial charge in [-0.1, -0.05) is 51.7 Å². The van der Waals surface area contributed by atoms with Crippen LogP contribution in [0, 0.1) is 0 Å². The first-order valence-corrected chi connectivity index (χ1v) is 9.23. The molecule has 8 heteroatoms. The monoisotopic (exact) mass is 350 g/mol. The van der Waals surface area contributed by atoms with Gasteiger partial charge in [-0.3, -0.25) is 14.1 Å². The van der Waals surface area contributed by atoms with Crippen molar-refractivity contribution in [2.24, 2.45) is 0 Å². The van der Waals surface area contributed by atoms with Gasteiger partial charge in [0.25, 0.3) is 10.1 Å². The van der Waals surface area contributed by atoms with E-state index < -0.39 is 39.8 Å². The van der Waals surface area contributed by atoms with Crippen LogP contribution in [0.4, 0.5) is 0 Å². The second-order valence-corrected chi connectivity index (χ2v) is 6.97. The van der Waals surface area contributed by atoms with Gasteiger partial charge in [-0.15, -0.1) is 0 Å². The van der Waals surface area contributed by atoms with Crippen LogP contribution in [0.25, 0.3) is 0 Å². The minimum atomic E-state index is -4.84. The molecular formula is C15H26O7S. The SMILES string of the molecule is C=CC(CCCCCCCC)OC(=O)C(CC(=O)O)S(=O)(=O)O. The Balaban J connectivity index is 4.44. The second-order valence-electron chi connectivity index (χ2n) is 5.37. The topological polar surface area (TPSA) is 118 Å². The van der Waals surface area contributed by atoms with Crippen molar-refractivity contribution in [3.63, 3.8) is 0 Å². The molecule has 2 N–H and O–H groups in total. The maximum atomic E-state index is 11.8. The standard InChI is InChI=1S/C15H26O7S/c1-3-5-6-7-8-9-10-12(4-2)22-15(18)13(11-14(16)17)23(19,20)21/h4,12-13H,2-3,5-11H2,1H3,(H,16,17)(H,19,20,21). The normalized spacial score (nSPS) is 14.0. The molecule has 0 aromatic rings. The summed E-state index contributed by atoms with van der Waals surface area (Å²) in [6.45, 7) is 5.64. The highest BCUT2D eigenvalue weighted by molar-refractivity contribution is 7.87. The molecule has 2 atom stereocenters. The molecule has 0 rings (SSSR count). The van der Waals surface area contributed by atoms with E-state index in [1.807, 2.05) is 0 Å². The van der Waals surface area contributed by atoms with E-state index in [2.05, 4.69) is 13.5 Å². The van der Waals surface area contributed by atoms with E-state index in [9.17, 15) is 18.0 Å². The fourth-order valence-electron chi connectivity index (χ4n) is 2.04. The number of carboxylic acids is 1. The molecule has 0 aliphatic carbocycles. The molecule has 134 valence electrons. The van der Waals surface area contributed by atoms with Crippen LogP contribution in [0.3, 0.4) is 0 Å². The lowest BCUT2D eigenvalue weighted by molar-refractivity contribution is -0.150. The fraction of sp³-hybridized carbons (Fsp3) is 0.733. The molecule has 0 aromatic heterocycles. The van der Waals surface area contributed by atoms with Crippen LogP contribution in [0.2, 0.25) is 0 Å². The molecular weight excluding hydrogens is 324 g/mol. The summed E-state index contributed by atoms with van der Waals surface area (Å²) in [7, 11) is -4.84. The molecule has 0 saturated heterocycles. The zero-order chi connectivity index (χ0) is 17.9. The van der Waals surface area contributed by atoms with Crippen molar-refractivity contribution in [3.8, 4) is 0 Å². The summed E-state index contributed by atoms with van der Waals surface area (Å²) in [6.07, 6.45) is 6.36. The molecule has 7 nitrogen and oxygen atoms in total. The molecule has 0 bridgehead atoms. The lowest BCUT2D eigenvalue weighted by Crippen LogP contribution is -2.35. The predicted molar refractivity (Wildman–Crippen MR) is 85.7 cm³/mol. The number of hydrogen-bond donors (Lipinski definition) is 2. The van der Waals surface area contributed by atoms with Crippen molar-refractivity contribution in [3.05, 3.63) is 12.7 Å². The smallest absolute Gasteiger partial charge is 0.328 e. The number of carbonyl (C=O) groups is 2. The highest BCUT2D eigenvalue weighted by Crippen LogP contribution is 2.14. The Morgan fingerprint density at radius 1 is 1.17 bits per heavy atom. The average molecular weight is 350 g/mol. The Hall–Kier alpha value is -1.41. The average Bonchev–Trinajstić information content (AvgIpc) is 2.45. The van der Waals surface area contributed by atoms with Gasteiger partial charge in [-0.25, -0.2) is 0 Å². The first-order valence-electron chi connectivity index (χ1n) is 7.73. The van der Waals surface area contributed by atoms with Crippen LogP contribution in [0.5, 0.6) is 0 Å². The van der Waals surface area contributed by atoms with Gasteiger partial charge in [0.05, 0.1) is 6.42 Å². The summed E-state index contributed by atoms with van der Waals surface area (Å²) < 4.78 is 36.1. The molecule has 0 aromatic carbocycles. The van der Waals surface area contributed by atoms with Gasteiger partial charge in [0.1, 0.15) is 6.10 Å². The number of hydrogen-bond acceptors (Lipinski definition) is 5. The highest BCUT2D eigenvalue weighted by Gasteiger charge is 2.35. The summed E-state index contributed by atoms with van der Waals surface area (Å²) in [4.78, 5) is 22.4. The maximum Gasteiger partial charge on any atom is 0.328 e. The second kappa shape index (κ2) is 11.2. The molecule has 0 amide bonds. The zero-order valence-corrected chi connectivity index (χ0v) is 14.3. The van der Waals surface area contributed by atoms with Gasteiger partial charge in [0.2, 0.25) is 0 Å². The van der Waals surface area contributed by atoms with E-state index in [0.717, 1.165) is 32.1 Å². The number of aliphatic carboxylic acids is 1. The molecule has 23 heavy (non-hydrogen) atoms. The summed E-state index contributed by atoms with van der Waals surface area (Å²) >= 11 is 0. The van der Waals surface area contributed by atoms with E-state index >= 15 is 0 Å². The van der Waals surface area contributed by atoms with E-state index in [4.69, 9.17) is 14.4 Å². The van der Waals surface area contributed by atoms with Gasteiger partial charge in [-0.2, -0.15) is 8.42 Å². The van der Waals surface area contributed by atoms with Crippen molar-refractivity contribution in [2.75, 3.05) is 0 Å². The van der Waals surface area contributed by atoms with Crippen molar-refractivity contribution in [2.45, 2.75) is 69.6 Å². The van der Waals surface area contributed by atoms with Crippen LogP contribution in [-0.2, 0) is 24.4 Å². The predicted octanol–water partition coefficient (Wildman–Crippen LogP) is 2.57. The van der Waals surface area contributed by atoms with Crippen LogP contribution in [0.1, 0.15) is 58.3 Å². The molecule has 0 spiro atoms. The van der Waals surface area contributed by atoms with E-state index in [0.29, 0.717) is 6.42 Å². The molecule has 0 fully saturated rings. The molecule has 2 unspecified atom stereocenters. The third kappa shape index (κ3) is 10.1. The van der Waals surface area contributed by atoms with E-state index in [1.165, 1.54) is 12.5 Å².